The Labute approximate surface area is 126 Å². The van der Waals surface area contributed by atoms with E-state index in [1.807, 2.05) is 0 Å². The van der Waals surface area contributed by atoms with Crippen LogP contribution in [0.1, 0.15) is 18.1 Å². The van der Waals surface area contributed by atoms with Gasteiger partial charge in [0.05, 0.1) is 0 Å². The molecule has 2 heteroatoms. The third-order valence-corrected chi connectivity index (χ3v) is 4.73. The van der Waals surface area contributed by atoms with E-state index in [2.05, 4.69) is 59.6 Å². The minimum atomic E-state index is 0.706. The summed E-state index contributed by atoms with van der Waals surface area (Å²) in [6, 6.07) is 15.8. The van der Waals surface area contributed by atoms with Crippen LogP contribution in [0.15, 0.2) is 42.5 Å². The molecule has 21 heavy (non-hydrogen) atoms. The van der Waals surface area contributed by atoms with Crippen molar-refractivity contribution in [1.29, 1.82) is 0 Å². The van der Waals surface area contributed by atoms with Gasteiger partial charge in [-0.25, -0.2) is 0 Å². The van der Waals surface area contributed by atoms with Crippen molar-refractivity contribution in [3.8, 4) is 11.1 Å². The normalized spacial score (nSPS) is 20.8. The lowest BCUT2D eigenvalue weighted by atomic mass is 10.0. The first-order chi connectivity index (χ1) is 10.3. The minimum Gasteiger partial charge on any atom is -0.370 e. The number of anilines is 1. The molecule has 1 N–H and O–H groups in total. The van der Waals surface area contributed by atoms with E-state index in [0.717, 1.165) is 32.6 Å². The molecule has 1 aliphatic carbocycles. The molecule has 1 atom stereocenters. The predicted molar refractivity (Wildman–Crippen MR) is 88.9 cm³/mol. The highest BCUT2D eigenvalue weighted by Crippen LogP contribution is 2.38. The van der Waals surface area contributed by atoms with E-state index in [1.54, 1.807) is 0 Å². The minimum absolute atomic E-state index is 0.706. The standard InChI is InChI=1S/C19H22N2/c1-14-12-20-8-9-21(13-14)17-6-7-19-16(11-17)10-15-4-2-3-5-18(15)19/h2-7,11,14,20H,8-10,12-13H2,1H3. The van der Waals surface area contributed by atoms with Gasteiger partial charge in [-0.05, 0) is 53.3 Å². The van der Waals surface area contributed by atoms with Crippen molar-refractivity contribution in [2.24, 2.45) is 5.92 Å². The van der Waals surface area contributed by atoms with Crippen LogP contribution >= 0.6 is 0 Å². The lowest BCUT2D eigenvalue weighted by Crippen LogP contribution is -2.29. The molecule has 4 rings (SSSR count). The van der Waals surface area contributed by atoms with Crippen molar-refractivity contribution in [2.75, 3.05) is 31.1 Å². The second-order valence-electron chi connectivity index (χ2n) is 6.43. The van der Waals surface area contributed by atoms with E-state index in [0.29, 0.717) is 5.92 Å². The Morgan fingerprint density at radius 3 is 2.86 bits per heavy atom. The summed E-state index contributed by atoms with van der Waals surface area (Å²) in [4.78, 5) is 2.54. The maximum atomic E-state index is 3.52. The highest BCUT2D eigenvalue weighted by atomic mass is 15.2. The molecular formula is C19H22N2. The van der Waals surface area contributed by atoms with E-state index >= 15 is 0 Å². The molecule has 1 saturated heterocycles. The molecule has 1 unspecified atom stereocenters. The molecule has 1 aliphatic heterocycles. The van der Waals surface area contributed by atoms with Gasteiger partial charge in [0.1, 0.15) is 0 Å². The summed E-state index contributed by atoms with van der Waals surface area (Å²) < 4.78 is 0. The molecule has 2 aromatic rings. The van der Waals surface area contributed by atoms with Crippen LogP contribution < -0.4 is 10.2 Å². The molecule has 0 amide bonds. The van der Waals surface area contributed by atoms with Crippen molar-refractivity contribution in [1.82, 2.24) is 5.32 Å². The van der Waals surface area contributed by atoms with E-state index in [-0.39, 0.29) is 0 Å². The first-order valence-electron chi connectivity index (χ1n) is 7.98. The quantitative estimate of drug-likeness (QED) is 0.734. The van der Waals surface area contributed by atoms with E-state index < -0.39 is 0 Å². The molecule has 0 aromatic heterocycles. The Balaban J connectivity index is 1.66. The van der Waals surface area contributed by atoms with Gasteiger partial charge in [-0.1, -0.05) is 37.3 Å². The zero-order valence-corrected chi connectivity index (χ0v) is 12.6. The number of hydrogen-bond acceptors (Lipinski definition) is 2. The molecule has 2 aromatic carbocycles. The van der Waals surface area contributed by atoms with Gasteiger partial charge in [0.15, 0.2) is 0 Å². The molecular weight excluding hydrogens is 256 g/mol. The zero-order valence-electron chi connectivity index (χ0n) is 12.6. The second-order valence-corrected chi connectivity index (χ2v) is 6.43. The van der Waals surface area contributed by atoms with Gasteiger partial charge < -0.3 is 10.2 Å². The highest BCUT2D eigenvalue weighted by molar-refractivity contribution is 5.78. The van der Waals surface area contributed by atoms with Gasteiger partial charge >= 0.3 is 0 Å². The summed E-state index contributed by atoms with van der Waals surface area (Å²) in [7, 11) is 0. The molecule has 1 fully saturated rings. The van der Waals surface area contributed by atoms with E-state index in [1.165, 1.54) is 27.9 Å². The van der Waals surface area contributed by atoms with Crippen LogP contribution in [0.2, 0.25) is 0 Å². The maximum Gasteiger partial charge on any atom is 0.0370 e. The van der Waals surface area contributed by atoms with Crippen LogP contribution in [0.4, 0.5) is 5.69 Å². The largest absolute Gasteiger partial charge is 0.370 e. The summed E-state index contributed by atoms with van der Waals surface area (Å²) >= 11 is 0. The Morgan fingerprint density at radius 2 is 1.90 bits per heavy atom. The lowest BCUT2D eigenvalue weighted by molar-refractivity contribution is 0.564. The fraction of sp³-hybridized carbons (Fsp3) is 0.368. The Morgan fingerprint density at radius 1 is 1.05 bits per heavy atom. The Hall–Kier alpha value is -1.80. The molecule has 0 saturated carbocycles. The van der Waals surface area contributed by atoms with Crippen molar-refractivity contribution in [3.63, 3.8) is 0 Å². The van der Waals surface area contributed by atoms with Crippen LogP contribution in [-0.4, -0.2) is 26.2 Å². The van der Waals surface area contributed by atoms with Crippen LogP contribution in [0, 0.1) is 5.92 Å². The molecule has 0 bridgehead atoms. The third-order valence-electron chi connectivity index (χ3n) is 4.73. The fourth-order valence-electron chi connectivity index (χ4n) is 3.66. The number of rotatable bonds is 1. The Bertz CT molecular complexity index is 662. The van der Waals surface area contributed by atoms with Crippen LogP contribution in [-0.2, 0) is 6.42 Å². The third kappa shape index (κ3) is 2.34. The molecule has 2 aliphatic rings. The van der Waals surface area contributed by atoms with Crippen molar-refractivity contribution < 1.29 is 0 Å². The topological polar surface area (TPSA) is 15.3 Å². The number of hydrogen-bond donors (Lipinski definition) is 1. The van der Waals surface area contributed by atoms with E-state index in [9.17, 15) is 0 Å². The summed E-state index contributed by atoms with van der Waals surface area (Å²) in [5, 5.41) is 3.52. The maximum absolute atomic E-state index is 3.52. The Kier molecular flexibility index (Phi) is 3.19. The second kappa shape index (κ2) is 5.19. The molecule has 1 heterocycles. The van der Waals surface area contributed by atoms with Gasteiger partial charge in [0.2, 0.25) is 0 Å². The number of benzene rings is 2. The van der Waals surface area contributed by atoms with E-state index in [4.69, 9.17) is 0 Å². The summed E-state index contributed by atoms with van der Waals surface area (Å²) in [6.45, 7) is 6.80. The first-order valence-corrected chi connectivity index (χ1v) is 7.98. The average Bonchev–Trinajstić information content (AvgIpc) is 2.73. The summed E-state index contributed by atoms with van der Waals surface area (Å²) in [5.41, 5.74) is 7.19. The summed E-state index contributed by atoms with van der Waals surface area (Å²) in [6.07, 6.45) is 1.08. The van der Waals surface area contributed by atoms with Gasteiger partial charge in [-0.3, -0.25) is 0 Å². The van der Waals surface area contributed by atoms with Crippen LogP contribution in [0.25, 0.3) is 11.1 Å². The number of fused-ring (bicyclic) bond motifs is 3. The summed E-state index contributed by atoms with van der Waals surface area (Å²) in [5.74, 6) is 0.706. The fourth-order valence-corrected chi connectivity index (χ4v) is 3.66. The first kappa shape index (κ1) is 12.9. The molecule has 108 valence electrons. The smallest absolute Gasteiger partial charge is 0.0370 e. The van der Waals surface area contributed by atoms with Gasteiger partial charge in [0, 0.05) is 25.3 Å². The molecule has 2 nitrogen and oxygen atoms in total. The lowest BCUT2D eigenvalue weighted by Gasteiger charge is -2.25. The average molecular weight is 278 g/mol. The predicted octanol–water partition coefficient (Wildman–Crippen LogP) is 3.30. The van der Waals surface area contributed by atoms with Crippen molar-refractivity contribution in [3.05, 3.63) is 53.6 Å². The van der Waals surface area contributed by atoms with Crippen LogP contribution in [0.3, 0.4) is 0 Å². The van der Waals surface area contributed by atoms with Gasteiger partial charge in [-0.2, -0.15) is 0 Å². The molecule has 0 spiro atoms. The van der Waals surface area contributed by atoms with Crippen LogP contribution in [0.5, 0.6) is 0 Å². The SMILES string of the molecule is CC1CNCCN(c2ccc3c(c2)Cc2ccccc2-3)C1. The highest BCUT2D eigenvalue weighted by Gasteiger charge is 2.20. The van der Waals surface area contributed by atoms with Gasteiger partial charge in [0.25, 0.3) is 0 Å². The van der Waals surface area contributed by atoms with Crippen molar-refractivity contribution in [2.45, 2.75) is 13.3 Å². The van der Waals surface area contributed by atoms with Crippen molar-refractivity contribution >= 4 is 5.69 Å². The number of nitrogens with zero attached hydrogens (tertiary/aromatic N) is 1. The monoisotopic (exact) mass is 278 g/mol. The van der Waals surface area contributed by atoms with Gasteiger partial charge in [-0.15, -0.1) is 0 Å². The molecule has 0 radical (unpaired) electrons. The zero-order chi connectivity index (χ0) is 14.2. The number of nitrogens with one attached hydrogen (secondary N) is 1.